The van der Waals surface area contributed by atoms with Gasteiger partial charge in [0.2, 0.25) is 5.91 Å². The van der Waals surface area contributed by atoms with Crippen molar-refractivity contribution in [3.63, 3.8) is 0 Å². The van der Waals surface area contributed by atoms with Crippen LogP contribution in [0.5, 0.6) is 5.75 Å². The first-order valence-electron chi connectivity index (χ1n) is 16.1. The summed E-state index contributed by atoms with van der Waals surface area (Å²) in [5, 5.41) is 37.5. The Hall–Kier alpha value is -3.14. The fourth-order valence-electron chi connectivity index (χ4n) is 6.48. The zero-order valence-electron chi connectivity index (χ0n) is 26.3. The van der Waals surface area contributed by atoms with E-state index < -0.39 is 41.9 Å². The van der Waals surface area contributed by atoms with Crippen molar-refractivity contribution in [3.05, 3.63) is 65.2 Å². The van der Waals surface area contributed by atoms with Gasteiger partial charge in [-0.3, -0.25) is 4.79 Å². The summed E-state index contributed by atoms with van der Waals surface area (Å²) >= 11 is 0. The number of alkyl carbamates (subject to hydrolysis) is 1. The largest absolute Gasteiger partial charge is 0.491 e. The van der Waals surface area contributed by atoms with Crippen LogP contribution in [-0.4, -0.2) is 64.4 Å². The summed E-state index contributed by atoms with van der Waals surface area (Å²) in [7, 11) is 0. The molecular weight excluding hydrogens is 560 g/mol. The predicted octanol–water partition coefficient (Wildman–Crippen LogP) is 4.61. The van der Waals surface area contributed by atoms with Crippen LogP contribution in [0.1, 0.15) is 88.4 Å². The van der Waals surface area contributed by atoms with Crippen molar-refractivity contribution in [2.24, 2.45) is 11.8 Å². The number of aliphatic hydroxyl groups excluding tert-OH is 3. The summed E-state index contributed by atoms with van der Waals surface area (Å²) in [6.45, 7) is 5.51. The molecule has 9 nitrogen and oxygen atoms in total. The smallest absolute Gasteiger partial charge is 0.407 e. The fourth-order valence-corrected chi connectivity index (χ4v) is 6.48. The van der Waals surface area contributed by atoms with E-state index in [9.17, 15) is 19.8 Å². The Morgan fingerprint density at radius 3 is 2.41 bits per heavy atom. The number of rotatable bonds is 13. The summed E-state index contributed by atoms with van der Waals surface area (Å²) in [5.41, 5.74) is 2.11. The zero-order valence-corrected chi connectivity index (χ0v) is 26.3. The van der Waals surface area contributed by atoms with Gasteiger partial charge in [-0.1, -0.05) is 68.5 Å². The summed E-state index contributed by atoms with van der Waals surface area (Å²) < 4.78 is 11.0. The van der Waals surface area contributed by atoms with E-state index in [1.165, 1.54) is 6.42 Å². The van der Waals surface area contributed by atoms with E-state index in [-0.39, 0.29) is 25.5 Å². The van der Waals surface area contributed by atoms with E-state index >= 15 is 0 Å². The lowest BCUT2D eigenvalue weighted by Crippen LogP contribution is -2.48. The van der Waals surface area contributed by atoms with E-state index in [2.05, 4.69) is 10.6 Å². The lowest BCUT2D eigenvalue weighted by atomic mass is 9.82. The Labute approximate surface area is 261 Å². The molecule has 0 aromatic heterocycles. The maximum Gasteiger partial charge on any atom is 0.407 e. The standard InChI is InChI=1S/C35H50N2O7/c1-35(2,3)44-34(42)36-29(20-23-9-5-4-6-10-23)30(39)22-26(19-24-13-15-27(16-14-24)43-18-17-38)33(41)37-32-28-12-8-7-11-25(28)21-31(32)40/h7-8,11-16,23,26,29-32,38-40H,4-6,9-10,17-22H2,1-3H3,(H,36,42)(H,37,41)/t26-,29-,30-,31+,32-/m0/s1. The minimum Gasteiger partial charge on any atom is -0.491 e. The minimum absolute atomic E-state index is 0.0859. The molecule has 0 heterocycles. The summed E-state index contributed by atoms with van der Waals surface area (Å²) in [6, 6.07) is 13.9. The van der Waals surface area contributed by atoms with Gasteiger partial charge in [-0.25, -0.2) is 4.79 Å². The van der Waals surface area contributed by atoms with E-state index in [0.717, 1.165) is 42.4 Å². The first kappa shape index (κ1) is 33.7. The highest BCUT2D eigenvalue weighted by atomic mass is 16.6. The summed E-state index contributed by atoms with van der Waals surface area (Å²) in [4.78, 5) is 26.8. The first-order valence-corrected chi connectivity index (χ1v) is 16.1. The molecule has 0 unspecified atom stereocenters. The van der Waals surface area contributed by atoms with Gasteiger partial charge in [0.25, 0.3) is 0 Å². The number of ether oxygens (including phenoxy) is 2. The third-order valence-corrected chi connectivity index (χ3v) is 8.64. The number of hydrogen-bond acceptors (Lipinski definition) is 7. The van der Waals surface area contributed by atoms with E-state index in [4.69, 9.17) is 14.6 Å². The molecular formula is C35H50N2O7. The number of fused-ring (bicyclic) bond motifs is 1. The van der Waals surface area contributed by atoms with Gasteiger partial charge in [0.15, 0.2) is 0 Å². The quantitative estimate of drug-likeness (QED) is 0.223. The maximum absolute atomic E-state index is 13.9. The second-order valence-electron chi connectivity index (χ2n) is 13.4. The number of carbonyl (C=O) groups is 2. The number of benzene rings is 2. The Bertz CT molecular complexity index is 1210. The molecule has 0 radical (unpaired) electrons. The average molecular weight is 611 g/mol. The molecule has 0 spiro atoms. The van der Waals surface area contributed by atoms with Gasteiger partial charge in [-0.05, 0) is 74.8 Å². The molecule has 0 saturated heterocycles. The van der Waals surface area contributed by atoms with Crippen molar-refractivity contribution in [2.45, 2.75) is 108 Å². The van der Waals surface area contributed by atoms with Crippen LogP contribution in [0.4, 0.5) is 4.79 Å². The molecule has 2 aromatic rings. The van der Waals surface area contributed by atoms with Crippen LogP contribution in [0.25, 0.3) is 0 Å². The third kappa shape index (κ3) is 9.94. The van der Waals surface area contributed by atoms with Crippen molar-refractivity contribution >= 4 is 12.0 Å². The second kappa shape index (κ2) is 15.7. The molecule has 9 heteroatoms. The van der Waals surface area contributed by atoms with Crippen LogP contribution >= 0.6 is 0 Å². The predicted molar refractivity (Wildman–Crippen MR) is 168 cm³/mol. The van der Waals surface area contributed by atoms with Gasteiger partial charge in [-0.2, -0.15) is 0 Å². The molecule has 2 aromatic carbocycles. The van der Waals surface area contributed by atoms with Gasteiger partial charge in [0, 0.05) is 12.3 Å². The van der Waals surface area contributed by atoms with Gasteiger partial charge in [0.1, 0.15) is 18.0 Å². The van der Waals surface area contributed by atoms with E-state index in [1.807, 2.05) is 36.4 Å². The molecule has 44 heavy (non-hydrogen) atoms. The lowest BCUT2D eigenvalue weighted by molar-refractivity contribution is -0.127. The topological polar surface area (TPSA) is 137 Å². The van der Waals surface area contributed by atoms with Crippen LogP contribution in [0.2, 0.25) is 0 Å². The maximum atomic E-state index is 13.9. The normalized spacial score (nSPS) is 20.7. The van der Waals surface area contributed by atoms with Crippen LogP contribution in [-0.2, 0) is 22.4 Å². The Kier molecular flexibility index (Phi) is 12.1. The Morgan fingerprint density at radius 1 is 1.02 bits per heavy atom. The molecule has 0 aliphatic heterocycles. The lowest BCUT2D eigenvalue weighted by Gasteiger charge is -2.32. The van der Waals surface area contributed by atoms with Crippen molar-refractivity contribution in [3.8, 4) is 5.75 Å². The molecule has 2 aliphatic rings. The molecule has 5 atom stereocenters. The molecule has 4 rings (SSSR count). The SMILES string of the molecule is CC(C)(C)OC(=O)N[C@@H](CC1CCCCC1)[C@@H](O)C[C@H](Cc1ccc(OCCO)cc1)C(=O)N[C@H]1c2ccccc2C[C@H]1O. The first-order chi connectivity index (χ1) is 21.0. The monoisotopic (exact) mass is 610 g/mol. The highest BCUT2D eigenvalue weighted by Gasteiger charge is 2.36. The molecule has 2 amide bonds. The van der Waals surface area contributed by atoms with Gasteiger partial charge in [-0.15, -0.1) is 0 Å². The Morgan fingerprint density at radius 2 is 1.73 bits per heavy atom. The van der Waals surface area contributed by atoms with Crippen molar-refractivity contribution in [1.29, 1.82) is 0 Å². The minimum atomic E-state index is -0.992. The summed E-state index contributed by atoms with van der Waals surface area (Å²) in [6.07, 6.45) is 4.79. The van der Waals surface area contributed by atoms with Crippen LogP contribution in [0.3, 0.4) is 0 Å². The van der Waals surface area contributed by atoms with Crippen LogP contribution in [0, 0.1) is 11.8 Å². The molecule has 0 bridgehead atoms. The Balaban J connectivity index is 1.53. The number of hydrogen-bond donors (Lipinski definition) is 5. The van der Waals surface area contributed by atoms with Crippen LogP contribution in [0.15, 0.2) is 48.5 Å². The number of aliphatic hydroxyl groups is 3. The molecule has 1 saturated carbocycles. The average Bonchev–Trinajstić information content (AvgIpc) is 3.30. The number of carbonyl (C=O) groups excluding carboxylic acids is 2. The van der Waals surface area contributed by atoms with Gasteiger partial charge >= 0.3 is 6.09 Å². The molecule has 2 aliphatic carbocycles. The van der Waals surface area contributed by atoms with Crippen molar-refractivity contribution in [1.82, 2.24) is 10.6 Å². The third-order valence-electron chi connectivity index (χ3n) is 8.64. The molecule has 242 valence electrons. The fraction of sp³-hybridized carbons (Fsp3) is 0.600. The summed E-state index contributed by atoms with van der Waals surface area (Å²) in [5.74, 6) is 0.0911. The van der Waals surface area contributed by atoms with E-state index in [0.29, 0.717) is 30.9 Å². The van der Waals surface area contributed by atoms with Gasteiger partial charge in [0.05, 0.1) is 30.9 Å². The molecule has 1 fully saturated rings. The van der Waals surface area contributed by atoms with Crippen molar-refractivity contribution in [2.75, 3.05) is 13.2 Å². The van der Waals surface area contributed by atoms with Crippen molar-refractivity contribution < 1.29 is 34.4 Å². The second-order valence-corrected chi connectivity index (χ2v) is 13.4. The van der Waals surface area contributed by atoms with E-state index in [1.54, 1.807) is 32.9 Å². The zero-order chi connectivity index (χ0) is 31.7. The van der Waals surface area contributed by atoms with Gasteiger partial charge < -0.3 is 35.4 Å². The highest BCUT2D eigenvalue weighted by molar-refractivity contribution is 5.80. The van der Waals surface area contributed by atoms with Crippen LogP contribution < -0.4 is 15.4 Å². The molecule has 5 N–H and O–H groups in total. The number of amides is 2. The number of nitrogens with one attached hydrogen (secondary N) is 2. The highest BCUT2D eigenvalue weighted by Crippen LogP contribution is 2.33.